The Hall–Kier alpha value is -1.20. The van der Waals surface area contributed by atoms with Crippen molar-refractivity contribution in [3.8, 4) is 0 Å². The lowest BCUT2D eigenvalue weighted by molar-refractivity contribution is -0.120. The molecular formula is C12H18N2O2S. The van der Waals surface area contributed by atoms with E-state index in [2.05, 4.69) is 10.6 Å². The maximum atomic E-state index is 11.5. The first-order chi connectivity index (χ1) is 8.13. The van der Waals surface area contributed by atoms with E-state index in [1.807, 2.05) is 12.4 Å². The van der Waals surface area contributed by atoms with Crippen LogP contribution in [0.3, 0.4) is 0 Å². The summed E-state index contributed by atoms with van der Waals surface area (Å²) < 4.78 is 0. The highest BCUT2D eigenvalue weighted by Crippen LogP contribution is 2.15. The van der Waals surface area contributed by atoms with Crippen molar-refractivity contribution < 1.29 is 9.59 Å². The number of carbonyl (C=O) groups is 2. The summed E-state index contributed by atoms with van der Waals surface area (Å²) in [5.74, 6) is 0.0599. The Labute approximate surface area is 105 Å². The molecule has 1 aromatic rings. The Morgan fingerprint density at radius 2 is 2.12 bits per heavy atom. The molecule has 0 bridgehead atoms. The van der Waals surface area contributed by atoms with Crippen LogP contribution in [-0.4, -0.2) is 31.8 Å². The van der Waals surface area contributed by atoms with Gasteiger partial charge in [-0.25, -0.2) is 0 Å². The Kier molecular flexibility index (Phi) is 5.86. The van der Waals surface area contributed by atoms with Crippen LogP contribution >= 0.6 is 11.3 Å². The third-order valence-electron chi connectivity index (χ3n) is 2.29. The molecule has 0 atom stereocenters. The lowest BCUT2D eigenvalue weighted by Gasteiger charge is -2.03. The third-order valence-corrected chi connectivity index (χ3v) is 3.37. The van der Waals surface area contributed by atoms with Gasteiger partial charge < -0.3 is 10.6 Å². The molecule has 0 saturated heterocycles. The summed E-state index contributed by atoms with van der Waals surface area (Å²) in [4.78, 5) is 23.3. The molecule has 0 aliphatic rings. The Balaban J connectivity index is 2.32. The molecule has 0 radical (unpaired) electrons. The second-order valence-corrected chi connectivity index (χ2v) is 4.77. The summed E-state index contributed by atoms with van der Waals surface area (Å²) in [6.07, 6.45) is 1.27. The van der Waals surface area contributed by atoms with Crippen LogP contribution in [0.5, 0.6) is 0 Å². The van der Waals surface area contributed by atoms with Gasteiger partial charge >= 0.3 is 0 Å². The van der Waals surface area contributed by atoms with Crippen LogP contribution in [0, 0.1) is 0 Å². The molecule has 17 heavy (non-hydrogen) atoms. The second-order valence-electron chi connectivity index (χ2n) is 3.86. The van der Waals surface area contributed by atoms with Gasteiger partial charge in [0.15, 0.2) is 5.78 Å². The van der Waals surface area contributed by atoms with E-state index < -0.39 is 0 Å². The lowest BCUT2D eigenvalue weighted by atomic mass is 10.2. The topological polar surface area (TPSA) is 58.2 Å². The average Bonchev–Trinajstić information content (AvgIpc) is 2.73. The summed E-state index contributed by atoms with van der Waals surface area (Å²) >= 11 is 1.39. The molecule has 0 aliphatic carbocycles. The minimum atomic E-state index is 0.00834. The highest BCUT2D eigenvalue weighted by atomic mass is 32.1. The van der Waals surface area contributed by atoms with E-state index in [-0.39, 0.29) is 11.7 Å². The molecule has 5 heteroatoms. The van der Waals surface area contributed by atoms with Gasteiger partial charge in [0.25, 0.3) is 0 Å². The smallest absolute Gasteiger partial charge is 0.224 e. The SMILES string of the molecule is CNCCCNC(=O)Cc1csc(C(C)=O)c1. The van der Waals surface area contributed by atoms with Crippen LogP contribution in [0.1, 0.15) is 28.6 Å². The zero-order valence-corrected chi connectivity index (χ0v) is 11.0. The summed E-state index contributed by atoms with van der Waals surface area (Å²) in [7, 11) is 1.89. The standard InChI is InChI=1S/C12H18N2O2S/c1-9(15)11-6-10(8-17-11)7-12(16)14-5-3-4-13-2/h6,8,13H,3-5,7H2,1-2H3,(H,14,16). The van der Waals surface area contributed by atoms with Gasteiger partial charge in [-0.15, -0.1) is 11.3 Å². The molecule has 1 rings (SSSR count). The van der Waals surface area contributed by atoms with Crippen molar-refractivity contribution in [2.45, 2.75) is 19.8 Å². The molecule has 0 spiro atoms. The van der Waals surface area contributed by atoms with E-state index in [9.17, 15) is 9.59 Å². The molecule has 0 fully saturated rings. The number of rotatable bonds is 7. The fourth-order valence-electron chi connectivity index (χ4n) is 1.39. The quantitative estimate of drug-likeness (QED) is 0.568. The van der Waals surface area contributed by atoms with Crippen LogP contribution in [-0.2, 0) is 11.2 Å². The largest absolute Gasteiger partial charge is 0.356 e. The van der Waals surface area contributed by atoms with Crippen molar-refractivity contribution in [1.82, 2.24) is 10.6 Å². The molecule has 0 aromatic carbocycles. The van der Waals surface area contributed by atoms with Crippen molar-refractivity contribution >= 4 is 23.0 Å². The van der Waals surface area contributed by atoms with Gasteiger partial charge in [0.05, 0.1) is 11.3 Å². The van der Waals surface area contributed by atoms with Crippen molar-refractivity contribution in [3.63, 3.8) is 0 Å². The van der Waals surface area contributed by atoms with E-state index in [1.54, 1.807) is 6.07 Å². The number of ketones is 1. The van der Waals surface area contributed by atoms with E-state index in [0.717, 1.165) is 18.5 Å². The fraction of sp³-hybridized carbons (Fsp3) is 0.500. The number of carbonyl (C=O) groups excluding carboxylic acids is 2. The van der Waals surface area contributed by atoms with Crippen LogP contribution in [0.15, 0.2) is 11.4 Å². The molecule has 1 heterocycles. The van der Waals surface area contributed by atoms with Gasteiger partial charge in [0, 0.05) is 6.54 Å². The molecule has 2 N–H and O–H groups in total. The van der Waals surface area contributed by atoms with Crippen LogP contribution in [0.4, 0.5) is 0 Å². The number of nitrogens with one attached hydrogen (secondary N) is 2. The van der Waals surface area contributed by atoms with Crippen molar-refractivity contribution in [2.24, 2.45) is 0 Å². The van der Waals surface area contributed by atoms with Crippen LogP contribution in [0.25, 0.3) is 0 Å². The van der Waals surface area contributed by atoms with Gasteiger partial charge in [-0.3, -0.25) is 9.59 Å². The first-order valence-electron chi connectivity index (χ1n) is 5.63. The molecule has 0 saturated carbocycles. The van der Waals surface area contributed by atoms with Crippen molar-refractivity contribution in [2.75, 3.05) is 20.1 Å². The molecule has 1 amide bonds. The molecule has 0 aliphatic heterocycles. The summed E-state index contributed by atoms with van der Waals surface area (Å²) in [5.41, 5.74) is 0.909. The van der Waals surface area contributed by atoms with Gasteiger partial charge in [-0.05, 0) is 43.9 Å². The summed E-state index contributed by atoms with van der Waals surface area (Å²) in [6.45, 7) is 3.12. The van der Waals surface area contributed by atoms with Crippen molar-refractivity contribution in [1.29, 1.82) is 0 Å². The van der Waals surface area contributed by atoms with Gasteiger partial charge in [-0.1, -0.05) is 0 Å². The maximum Gasteiger partial charge on any atom is 0.224 e. The Bertz CT molecular complexity index is 388. The first-order valence-corrected chi connectivity index (χ1v) is 6.51. The maximum absolute atomic E-state index is 11.5. The van der Waals surface area contributed by atoms with Gasteiger partial charge in [0.2, 0.25) is 5.91 Å². The van der Waals surface area contributed by atoms with Crippen LogP contribution in [0.2, 0.25) is 0 Å². The number of amides is 1. The number of Topliss-reactive ketones (excluding diaryl/α,β-unsaturated/α-hetero) is 1. The zero-order valence-electron chi connectivity index (χ0n) is 10.2. The molecule has 1 aromatic heterocycles. The zero-order chi connectivity index (χ0) is 12.7. The summed E-state index contributed by atoms with van der Waals surface area (Å²) in [6, 6.07) is 1.79. The van der Waals surface area contributed by atoms with Crippen molar-refractivity contribution in [3.05, 3.63) is 21.9 Å². The first kappa shape index (κ1) is 13.9. The Morgan fingerprint density at radius 3 is 2.71 bits per heavy atom. The lowest BCUT2D eigenvalue weighted by Crippen LogP contribution is -2.27. The van der Waals surface area contributed by atoms with E-state index in [0.29, 0.717) is 17.8 Å². The highest BCUT2D eigenvalue weighted by molar-refractivity contribution is 7.12. The minimum Gasteiger partial charge on any atom is -0.356 e. The van der Waals surface area contributed by atoms with Crippen LogP contribution < -0.4 is 10.6 Å². The third kappa shape index (κ3) is 5.10. The van der Waals surface area contributed by atoms with E-state index >= 15 is 0 Å². The predicted molar refractivity (Wildman–Crippen MR) is 69.6 cm³/mol. The number of hydrogen-bond acceptors (Lipinski definition) is 4. The average molecular weight is 254 g/mol. The number of thiophene rings is 1. The molecule has 0 unspecified atom stereocenters. The number of hydrogen-bond donors (Lipinski definition) is 2. The minimum absolute atomic E-state index is 0.00834. The predicted octanol–water partition coefficient (Wildman–Crippen LogP) is 1.22. The molecule has 4 nitrogen and oxygen atoms in total. The monoisotopic (exact) mass is 254 g/mol. The van der Waals surface area contributed by atoms with E-state index in [1.165, 1.54) is 18.3 Å². The molecule has 94 valence electrons. The highest BCUT2D eigenvalue weighted by Gasteiger charge is 2.07. The normalized spacial score (nSPS) is 10.2. The summed E-state index contributed by atoms with van der Waals surface area (Å²) in [5, 5.41) is 7.73. The fourth-order valence-corrected chi connectivity index (χ4v) is 2.21. The van der Waals surface area contributed by atoms with Gasteiger partial charge in [-0.2, -0.15) is 0 Å². The second kappa shape index (κ2) is 7.19. The van der Waals surface area contributed by atoms with E-state index in [4.69, 9.17) is 0 Å². The Morgan fingerprint density at radius 1 is 1.35 bits per heavy atom. The van der Waals surface area contributed by atoms with Gasteiger partial charge in [0.1, 0.15) is 0 Å². The molecular weight excluding hydrogens is 236 g/mol.